The molecule has 4 rings (SSSR count). The van der Waals surface area contributed by atoms with Crippen molar-refractivity contribution < 1.29 is 23.1 Å². The molecule has 8 unspecified atom stereocenters. The Kier molecular flexibility index (Phi) is 2.50. The van der Waals surface area contributed by atoms with Crippen molar-refractivity contribution in [2.24, 2.45) is 46.8 Å². The number of allylic oxidation sites excluding steroid dienone is 2. The molecule has 3 saturated carbocycles. The minimum absolute atomic E-state index is 0.0878. The molecule has 0 aliphatic heterocycles. The highest BCUT2D eigenvalue weighted by Crippen LogP contribution is 2.72. The molecule has 0 saturated heterocycles. The van der Waals surface area contributed by atoms with Gasteiger partial charge in [0.1, 0.15) is 0 Å². The predicted molar refractivity (Wildman–Crippen MR) is 69.2 cm³/mol. The van der Waals surface area contributed by atoms with Gasteiger partial charge in [-0.25, -0.2) is 0 Å². The number of carboxylic acids is 1. The summed E-state index contributed by atoms with van der Waals surface area (Å²) in [6.45, 7) is 1.58. The summed E-state index contributed by atoms with van der Waals surface area (Å²) in [7, 11) is 0. The van der Waals surface area contributed by atoms with Gasteiger partial charge in [0.25, 0.3) is 0 Å². The second-order valence-electron chi connectivity index (χ2n) is 7.73. The number of carboxylic acid groups (broad SMARTS) is 1. The third kappa shape index (κ3) is 1.58. The molecule has 0 aromatic carbocycles. The van der Waals surface area contributed by atoms with E-state index in [1.165, 1.54) is 0 Å². The van der Waals surface area contributed by atoms with E-state index in [-0.39, 0.29) is 17.8 Å². The van der Waals surface area contributed by atoms with Crippen LogP contribution in [0.5, 0.6) is 0 Å². The molecule has 8 atom stereocenters. The Bertz CT molecular complexity index is 526. The van der Waals surface area contributed by atoms with Gasteiger partial charge in [0, 0.05) is 0 Å². The lowest BCUT2D eigenvalue weighted by Crippen LogP contribution is -2.50. The lowest BCUT2D eigenvalue weighted by atomic mass is 9.58. The maximum absolute atomic E-state index is 13.3. The Morgan fingerprint density at radius 1 is 1.24 bits per heavy atom. The van der Waals surface area contributed by atoms with Crippen LogP contribution in [-0.2, 0) is 4.79 Å². The van der Waals surface area contributed by atoms with Crippen LogP contribution in [0.2, 0.25) is 0 Å². The second-order valence-corrected chi connectivity index (χ2v) is 7.73. The van der Waals surface area contributed by atoms with Crippen LogP contribution in [0.4, 0.5) is 13.2 Å². The number of alkyl halides is 3. The Balaban J connectivity index is 1.71. The summed E-state index contributed by atoms with van der Waals surface area (Å²) in [4.78, 5) is 11.3. The fraction of sp³-hybridized carbons (Fsp3) is 0.812. The van der Waals surface area contributed by atoms with Crippen LogP contribution in [0.1, 0.15) is 26.2 Å². The maximum Gasteiger partial charge on any atom is 0.402 e. The molecule has 2 nitrogen and oxygen atoms in total. The molecule has 0 aromatic rings. The molecule has 0 aromatic heterocycles. The third-order valence-corrected chi connectivity index (χ3v) is 6.93. The molecule has 21 heavy (non-hydrogen) atoms. The standard InChI is InChI=1S/C16H19F3O2/c1-15(13(14(20)21)16(17,18)19)6-9-5-10(15)12-8-3-2-7(4-8)11(9)12/h2-3,7-13H,4-6H2,1H3,(H,20,21). The number of hydrogen-bond acceptors (Lipinski definition) is 1. The first-order valence-electron chi connectivity index (χ1n) is 7.71. The first kappa shape index (κ1) is 13.6. The molecule has 5 heteroatoms. The molecule has 4 aliphatic carbocycles. The van der Waals surface area contributed by atoms with Crippen molar-refractivity contribution in [2.45, 2.75) is 32.4 Å². The molecule has 0 amide bonds. The first-order chi connectivity index (χ1) is 9.73. The largest absolute Gasteiger partial charge is 0.481 e. The normalized spacial score (nSPS) is 51.4. The van der Waals surface area contributed by atoms with Crippen molar-refractivity contribution in [1.29, 1.82) is 0 Å². The maximum atomic E-state index is 13.3. The van der Waals surface area contributed by atoms with E-state index in [0.29, 0.717) is 24.2 Å². The van der Waals surface area contributed by atoms with Crippen LogP contribution in [0, 0.1) is 46.8 Å². The highest BCUT2D eigenvalue weighted by molar-refractivity contribution is 5.72. The number of carbonyl (C=O) groups is 1. The average molecular weight is 300 g/mol. The molecule has 0 spiro atoms. The van der Waals surface area contributed by atoms with E-state index in [1.54, 1.807) is 6.92 Å². The van der Waals surface area contributed by atoms with Crippen molar-refractivity contribution in [2.75, 3.05) is 0 Å². The van der Waals surface area contributed by atoms with Gasteiger partial charge in [0.05, 0.1) is 0 Å². The third-order valence-electron chi connectivity index (χ3n) is 6.93. The lowest BCUT2D eigenvalue weighted by molar-refractivity contribution is -0.225. The summed E-state index contributed by atoms with van der Waals surface area (Å²) in [5, 5.41) is 9.20. The first-order valence-corrected chi connectivity index (χ1v) is 7.71. The van der Waals surface area contributed by atoms with Crippen molar-refractivity contribution >= 4 is 5.97 Å². The highest BCUT2D eigenvalue weighted by atomic mass is 19.4. The molecule has 3 fully saturated rings. The van der Waals surface area contributed by atoms with E-state index in [1.807, 2.05) is 0 Å². The van der Waals surface area contributed by atoms with Crippen LogP contribution in [0.15, 0.2) is 12.2 Å². The molecular weight excluding hydrogens is 281 g/mol. The van der Waals surface area contributed by atoms with Crippen molar-refractivity contribution in [1.82, 2.24) is 0 Å². The Labute approximate surface area is 121 Å². The molecule has 0 heterocycles. The number of rotatable bonds is 2. The minimum atomic E-state index is -4.66. The molecule has 116 valence electrons. The Morgan fingerprint density at radius 2 is 1.86 bits per heavy atom. The fourth-order valence-electron chi connectivity index (χ4n) is 6.54. The zero-order valence-corrected chi connectivity index (χ0v) is 11.8. The van der Waals surface area contributed by atoms with Crippen LogP contribution in [0.25, 0.3) is 0 Å². The number of hydrogen-bond donors (Lipinski definition) is 1. The van der Waals surface area contributed by atoms with Crippen LogP contribution in [-0.4, -0.2) is 17.3 Å². The molecule has 4 aliphatic rings. The Hall–Kier alpha value is -1.00. The van der Waals surface area contributed by atoms with Gasteiger partial charge in [-0.1, -0.05) is 19.1 Å². The topological polar surface area (TPSA) is 37.3 Å². The van der Waals surface area contributed by atoms with E-state index >= 15 is 0 Å². The smallest absolute Gasteiger partial charge is 0.402 e. The zero-order valence-electron chi connectivity index (χ0n) is 11.8. The highest BCUT2D eigenvalue weighted by Gasteiger charge is 2.70. The van der Waals surface area contributed by atoms with Crippen LogP contribution < -0.4 is 0 Å². The molecule has 4 bridgehead atoms. The van der Waals surface area contributed by atoms with Gasteiger partial charge < -0.3 is 5.11 Å². The van der Waals surface area contributed by atoms with Gasteiger partial charge in [0.15, 0.2) is 5.92 Å². The van der Waals surface area contributed by atoms with Gasteiger partial charge in [-0.05, 0) is 60.2 Å². The Morgan fingerprint density at radius 3 is 2.43 bits per heavy atom. The van der Waals surface area contributed by atoms with Crippen molar-refractivity contribution in [3.63, 3.8) is 0 Å². The van der Waals surface area contributed by atoms with E-state index in [2.05, 4.69) is 12.2 Å². The van der Waals surface area contributed by atoms with Crippen LogP contribution in [0.3, 0.4) is 0 Å². The van der Waals surface area contributed by atoms with Gasteiger partial charge in [-0.2, -0.15) is 13.2 Å². The fourth-order valence-corrected chi connectivity index (χ4v) is 6.54. The molecule has 0 radical (unpaired) electrons. The summed E-state index contributed by atoms with van der Waals surface area (Å²) in [6.07, 6.45) is 2.03. The lowest BCUT2D eigenvalue weighted by Gasteiger charge is -2.46. The van der Waals surface area contributed by atoms with Crippen molar-refractivity contribution in [3.8, 4) is 0 Å². The summed E-state index contributed by atoms with van der Waals surface area (Å²) in [5.41, 5.74) is -1.13. The van der Waals surface area contributed by atoms with Gasteiger partial charge >= 0.3 is 12.1 Å². The van der Waals surface area contributed by atoms with Gasteiger partial charge in [0.2, 0.25) is 0 Å². The summed E-state index contributed by atoms with van der Waals surface area (Å²) in [6, 6.07) is 0. The van der Waals surface area contributed by atoms with E-state index in [4.69, 9.17) is 0 Å². The summed E-state index contributed by atoms with van der Waals surface area (Å²) < 4.78 is 40.0. The van der Waals surface area contributed by atoms with E-state index < -0.39 is 23.5 Å². The van der Waals surface area contributed by atoms with Crippen LogP contribution >= 0.6 is 0 Å². The van der Waals surface area contributed by atoms with E-state index in [9.17, 15) is 23.1 Å². The number of aliphatic carboxylic acids is 1. The van der Waals surface area contributed by atoms with Gasteiger partial charge in [-0.15, -0.1) is 0 Å². The minimum Gasteiger partial charge on any atom is -0.481 e. The second kappa shape index (κ2) is 3.85. The van der Waals surface area contributed by atoms with Gasteiger partial charge in [-0.3, -0.25) is 4.79 Å². The monoisotopic (exact) mass is 300 g/mol. The SMILES string of the molecule is CC1(C(C(=O)O)C(F)(F)F)CC2CC1C1C3C=CC(C3)C21. The molecular formula is C16H19F3O2. The summed E-state index contributed by atoms with van der Waals surface area (Å²) >= 11 is 0. The zero-order chi connectivity index (χ0) is 15.2. The number of fused-ring (bicyclic) bond motifs is 9. The quantitative estimate of drug-likeness (QED) is 0.623. The van der Waals surface area contributed by atoms with Crippen molar-refractivity contribution in [3.05, 3.63) is 12.2 Å². The molecule has 1 N–H and O–H groups in total. The number of halogens is 3. The predicted octanol–water partition coefficient (Wildman–Crippen LogP) is 3.73. The van der Waals surface area contributed by atoms with E-state index in [0.717, 1.165) is 12.8 Å². The average Bonchev–Trinajstić information content (AvgIpc) is 3.00. The summed E-state index contributed by atoms with van der Waals surface area (Å²) in [5.74, 6) is -2.00.